The summed E-state index contributed by atoms with van der Waals surface area (Å²) in [5.41, 5.74) is 4.04. The number of fused-ring (bicyclic) bond motifs is 1. The van der Waals surface area contributed by atoms with Crippen molar-refractivity contribution in [3.8, 4) is 5.75 Å². The zero-order chi connectivity index (χ0) is 18.8. The molecular weight excluding hydrogens is 338 g/mol. The van der Waals surface area contributed by atoms with Crippen LogP contribution in [-0.4, -0.2) is 40.0 Å². The molecule has 0 aliphatic carbocycles. The highest BCUT2D eigenvalue weighted by Crippen LogP contribution is 2.21. The molecule has 27 heavy (non-hydrogen) atoms. The molecule has 4 rings (SSSR count). The molecular formula is C22H23N3O2. The fraction of sp³-hybridized carbons (Fsp3) is 0.318. The summed E-state index contributed by atoms with van der Waals surface area (Å²) in [6.45, 7) is 5.24. The number of piperidine rings is 1. The lowest BCUT2D eigenvalue weighted by molar-refractivity contribution is 0.0538. The van der Waals surface area contributed by atoms with Crippen LogP contribution in [0.2, 0.25) is 0 Å². The van der Waals surface area contributed by atoms with E-state index in [1.165, 1.54) is 0 Å². The maximum atomic E-state index is 13.0. The zero-order valence-electron chi connectivity index (χ0n) is 15.7. The van der Waals surface area contributed by atoms with E-state index in [4.69, 9.17) is 4.74 Å². The van der Waals surface area contributed by atoms with E-state index < -0.39 is 0 Å². The third-order valence-corrected chi connectivity index (χ3v) is 5.03. The molecule has 0 N–H and O–H groups in total. The van der Waals surface area contributed by atoms with E-state index in [0.717, 1.165) is 47.6 Å². The third-order valence-electron chi connectivity index (χ3n) is 5.03. The molecule has 1 aromatic heterocycles. The van der Waals surface area contributed by atoms with Crippen molar-refractivity contribution in [2.45, 2.75) is 32.8 Å². The molecule has 1 amide bonds. The maximum Gasteiger partial charge on any atom is 0.254 e. The normalized spacial score (nSPS) is 17.1. The SMILES string of the molecule is Cc1nc2ccc(C(=O)N3CCCC(Oc4ccccc4)C3)cc2nc1C. The lowest BCUT2D eigenvalue weighted by Crippen LogP contribution is -2.44. The summed E-state index contributed by atoms with van der Waals surface area (Å²) in [7, 11) is 0. The van der Waals surface area contributed by atoms with Gasteiger partial charge in [0.2, 0.25) is 0 Å². The summed E-state index contributed by atoms with van der Waals surface area (Å²) in [4.78, 5) is 24.0. The lowest BCUT2D eigenvalue weighted by atomic mass is 10.1. The second-order valence-electron chi connectivity index (χ2n) is 7.04. The second-order valence-corrected chi connectivity index (χ2v) is 7.04. The van der Waals surface area contributed by atoms with E-state index >= 15 is 0 Å². The van der Waals surface area contributed by atoms with Gasteiger partial charge in [-0.1, -0.05) is 18.2 Å². The van der Waals surface area contributed by atoms with Crippen molar-refractivity contribution < 1.29 is 9.53 Å². The fourth-order valence-electron chi connectivity index (χ4n) is 3.46. The number of carbonyl (C=O) groups is 1. The van der Waals surface area contributed by atoms with Crippen molar-refractivity contribution in [2.75, 3.05) is 13.1 Å². The Morgan fingerprint density at radius 3 is 2.56 bits per heavy atom. The standard InChI is InChI=1S/C22H23N3O2/c1-15-16(2)24-21-13-17(10-11-20(21)23-15)22(26)25-12-6-9-19(14-25)27-18-7-4-3-5-8-18/h3-5,7-8,10-11,13,19H,6,9,12,14H2,1-2H3. The van der Waals surface area contributed by atoms with Crippen LogP contribution in [0.1, 0.15) is 34.6 Å². The Balaban J connectivity index is 1.51. The van der Waals surface area contributed by atoms with E-state index in [1.807, 2.05) is 67.3 Å². The number of rotatable bonds is 3. The molecule has 1 fully saturated rings. The summed E-state index contributed by atoms with van der Waals surface area (Å²) in [5, 5.41) is 0. The van der Waals surface area contributed by atoms with Crippen LogP contribution in [0.4, 0.5) is 0 Å². The monoisotopic (exact) mass is 361 g/mol. The predicted octanol–water partition coefficient (Wildman–Crippen LogP) is 3.93. The molecule has 0 spiro atoms. The number of benzene rings is 2. The predicted molar refractivity (Wildman–Crippen MR) is 105 cm³/mol. The molecule has 2 heterocycles. The smallest absolute Gasteiger partial charge is 0.254 e. The third kappa shape index (κ3) is 3.77. The molecule has 3 aromatic rings. The van der Waals surface area contributed by atoms with Gasteiger partial charge >= 0.3 is 0 Å². The summed E-state index contributed by atoms with van der Waals surface area (Å²) >= 11 is 0. The Hall–Kier alpha value is -2.95. The van der Waals surface area contributed by atoms with Crippen LogP contribution in [0.25, 0.3) is 11.0 Å². The molecule has 1 aliphatic rings. The maximum absolute atomic E-state index is 13.0. The first kappa shape index (κ1) is 17.5. The first-order valence-electron chi connectivity index (χ1n) is 9.36. The number of hydrogen-bond donors (Lipinski definition) is 0. The number of aromatic nitrogens is 2. The first-order chi connectivity index (χ1) is 13.1. The number of carbonyl (C=O) groups excluding carboxylic acids is 1. The van der Waals surface area contributed by atoms with Gasteiger partial charge in [-0.05, 0) is 57.0 Å². The van der Waals surface area contributed by atoms with Crippen molar-refractivity contribution in [1.82, 2.24) is 14.9 Å². The van der Waals surface area contributed by atoms with E-state index in [-0.39, 0.29) is 12.0 Å². The van der Waals surface area contributed by atoms with Gasteiger partial charge in [-0.3, -0.25) is 4.79 Å². The van der Waals surface area contributed by atoms with Crippen molar-refractivity contribution in [3.63, 3.8) is 0 Å². The van der Waals surface area contributed by atoms with Gasteiger partial charge in [0.05, 0.1) is 29.0 Å². The Labute approximate surface area is 159 Å². The summed E-state index contributed by atoms with van der Waals surface area (Å²) in [5.74, 6) is 0.877. The van der Waals surface area contributed by atoms with Gasteiger partial charge in [-0.25, -0.2) is 9.97 Å². The molecule has 0 bridgehead atoms. The minimum atomic E-state index is 0.0234. The van der Waals surface area contributed by atoms with Crippen molar-refractivity contribution in [1.29, 1.82) is 0 Å². The number of aryl methyl sites for hydroxylation is 2. The summed E-state index contributed by atoms with van der Waals surface area (Å²) < 4.78 is 6.05. The average Bonchev–Trinajstić information content (AvgIpc) is 2.69. The largest absolute Gasteiger partial charge is 0.489 e. The van der Waals surface area contributed by atoms with Crippen LogP contribution in [0.15, 0.2) is 48.5 Å². The summed E-state index contributed by atoms with van der Waals surface area (Å²) in [6, 6.07) is 15.4. The summed E-state index contributed by atoms with van der Waals surface area (Å²) in [6.07, 6.45) is 1.92. The highest BCUT2D eigenvalue weighted by Gasteiger charge is 2.26. The molecule has 1 aliphatic heterocycles. The Morgan fingerprint density at radius 1 is 1.04 bits per heavy atom. The van der Waals surface area contributed by atoms with Gasteiger partial charge in [-0.15, -0.1) is 0 Å². The minimum absolute atomic E-state index is 0.0234. The van der Waals surface area contributed by atoms with Crippen molar-refractivity contribution >= 4 is 16.9 Å². The van der Waals surface area contributed by atoms with Gasteiger partial charge in [-0.2, -0.15) is 0 Å². The van der Waals surface area contributed by atoms with E-state index in [9.17, 15) is 4.79 Å². The van der Waals surface area contributed by atoms with Crippen LogP contribution in [0, 0.1) is 13.8 Å². The van der Waals surface area contributed by atoms with E-state index in [1.54, 1.807) is 0 Å². The molecule has 1 atom stereocenters. The number of hydrogen-bond acceptors (Lipinski definition) is 4. The van der Waals surface area contributed by atoms with Crippen molar-refractivity contribution in [2.24, 2.45) is 0 Å². The van der Waals surface area contributed by atoms with Crippen LogP contribution in [0.5, 0.6) is 5.75 Å². The van der Waals surface area contributed by atoms with Gasteiger partial charge in [0.25, 0.3) is 5.91 Å². The van der Waals surface area contributed by atoms with Crippen LogP contribution in [0.3, 0.4) is 0 Å². The molecule has 5 nitrogen and oxygen atoms in total. The molecule has 0 saturated carbocycles. The number of likely N-dealkylation sites (tertiary alicyclic amines) is 1. The molecule has 0 radical (unpaired) electrons. The average molecular weight is 361 g/mol. The zero-order valence-corrected chi connectivity index (χ0v) is 15.7. The van der Waals surface area contributed by atoms with Gasteiger partial charge in [0, 0.05) is 12.1 Å². The molecule has 5 heteroatoms. The number of nitrogens with zero attached hydrogens (tertiary/aromatic N) is 3. The Morgan fingerprint density at radius 2 is 1.78 bits per heavy atom. The highest BCUT2D eigenvalue weighted by atomic mass is 16.5. The topological polar surface area (TPSA) is 55.3 Å². The van der Waals surface area contributed by atoms with Gasteiger partial charge < -0.3 is 9.64 Å². The number of para-hydroxylation sites is 1. The fourth-order valence-corrected chi connectivity index (χ4v) is 3.46. The molecule has 138 valence electrons. The Bertz CT molecular complexity index is 972. The van der Waals surface area contributed by atoms with Crippen LogP contribution in [-0.2, 0) is 0 Å². The second kappa shape index (κ2) is 7.35. The molecule has 1 unspecified atom stereocenters. The lowest BCUT2D eigenvalue weighted by Gasteiger charge is -2.33. The van der Waals surface area contributed by atoms with Gasteiger partial charge in [0.15, 0.2) is 0 Å². The minimum Gasteiger partial charge on any atom is -0.489 e. The van der Waals surface area contributed by atoms with Crippen molar-refractivity contribution in [3.05, 3.63) is 65.5 Å². The first-order valence-corrected chi connectivity index (χ1v) is 9.36. The molecule has 1 saturated heterocycles. The number of amides is 1. The quantitative estimate of drug-likeness (QED) is 0.709. The highest BCUT2D eigenvalue weighted by molar-refractivity contribution is 5.97. The molecule has 2 aromatic carbocycles. The van der Waals surface area contributed by atoms with Crippen LogP contribution >= 0.6 is 0 Å². The van der Waals surface area contributed by atoms with Crippen LogP contribution < -0.4 is 4.74 Å². The van der Waals surface area contributed by atoms with E-state index in [2.05, 4.69) is 9.97 Å². The Kier molecular flexibility index (Phi) is 4.75. The van der Waals surface area contributed by atoms with Gasteiger partial charge in [0.1, 0.15) is 11.9 Å². The number of ether oxygens (including phenoxy) is 1. The van der Waals surface area contributed by atoms with E-state index in [0.29, 0.717) is 12.1 Å².